The lowest BCUT2D eigenvalue weighted by molar-refractivity contribution is -0.274. The Morgan fingerprint density at radius 3 is 2.46 bits per heavy atom. The van der Waals surface area contributed by atoms with E-state index in [0.717, 1.165) is 66.1 Å². The molecule has 2 aromatic carbocycles. The summed E-state index contributed by atoms with van der Waals surface area (Å²) < 4.78 is 44.7. The van der Waals surface area contributed by atoms with Gasteiger partial charge < -0.3 is 15.0 Å². The number of rotatable bonds is 9. The van der Waals surface area contributed by atoms with Crippen LogP contribution < -0.4 is 10.5 Å². The highest BCUT2D eigenvalue weighted by atomic mass is 19.4. The van der Waals surface area contributed by atoms with Crippen LogP contribution in [-0.4, -0.2) is 35.5 Å². The third kappa shape index (κ3) is 6.19. The molecule has 1 aliphatic heterocycles. The number of nitrogens with two attached hydrogens (primary N) is 1. The first-order chi connectivity index (χ1) is 16.8. The molecular weight excluding hydrogens is 451 g/mol. The average Bonchev–Trinajstić information content (AvgIpc) is 3.19. The highest BCUT2D eigenvalue weighted by Crippen LogP contribution is 2.37. The van der Waals surface area contributed by atoms with Gasteiger partial charge in [-0.1, -0.05) is 32.4 Å². The lowest BCUT2D eigenvalue weighted by atomic mass is 9.94. The Hall–Kier alpha value is -2.51. The summed E-state index contributed by atoms with van der Waals surface area (Å²) in [4.78, 5) is 2.53. The van der Waals surface area contributed by atoms with Crippen LogP contribution in [0.15, 0.2) is 42.6 Å². The fourth-order valence-corrected chi connectivity index (χ4v) is 5.24. The van der Waals surface area contributed by atoms with Crippen molar-refractivity contribution in [1.82, 2.24) is 9.47 Å². The van der Waals surface area contributed by atoms with Gasteiger partial charge in [0.1, 0.15) is 5.75 Å². The van der Waals surface area contributed by atoms with Gasteiger partial charge in [-0.05, 0) is 92.2 Å². The molecule has 35 heavy (non-hydrogen) atoms. The van der Waals surface area contributed by atoms with Crippen molar-refractivity contribution in [3.8, 4) is 16.9 Å². The van der Waals surface area contributed by atoms with Crippen molar-refractivity contribution in [2.24, 2.45) is 11.7 Å². The molecule has 2 heterocycles. The normalized spacial score (nSPS) is 15.7. The molecule has 0 spiro atoms. The number of hydrogen-bond acceptors (Lipinski definition) is 3. The Labute approximate surface area is 205 Å². The van der Waals surface area contributed by atoms with Crippen molar-refractivity contribution in [1.29, 1.82) is 0 Å². The van der Waals surface area contributed by atoms with Gasteiger partial charge in [0.15, 0.2) is 0 Å². The van der Waals surface area contributed by atoms with Crippen LogP contribution in [-0.2, 0) is 19.5 Å². The topological polar surface area (TPSA) is 43.4 Å². The van der Waals surface area contributed by atoms with Crippen LogP contribution in [0, 0.1) is 5.92 Å². The van der Waals surface area contributed by atoms with Crippen LogP contribution in [0.2, 0.25) is 0 Å². The SMILES string of the molecule is CCc1cc(OC(F)(F)F)ccc1-c1cn(CCCN)c2ccc(CN3CCC(CC)CC3)cc12. The van der Waals surface area contributed by atoms with Crippen molar-refractivity contribution in [2.45, 2.75) is 65.4 Å². The maximum atomic E-state index is 12.8. The van der Waals surface area contributed by atoms with E-state index in [1.807, 2.05) is 6.92 Å². The molecule has 1 saturated heterocycles. The van der Waals surface area contributed by atoms with Crippen LogP contribution >= 0.6 is 0 Å². The molecule has 0 radical (unpaired) electrons. The lowest BCUT2D eigenvalue weighted by Crippen LogP contribution is -2.32. The Kier molecular flexibility index (Phi) is 8.07. The maximum absolute atomic E-state index is 12.8. The molecule has 1 fully saturated rings. The third-order valence-corrected chi connectivity index (χ3v) is 7.22. The first kappa shape index (κ1) is 25.6. The number of piperidine rings is 1. The van der Waals surface area contributed by atoms with E-state index in [4.69, 9.17) is 5.73 Å². The van der Waals surface area contributed by atoms with Crippen molar-refractivity contribution in [3.05, 3.63) is 53.7 Å². The zero-order valence-corrected chi connectivity index (χ0v) is 20.7. The third-order valence-electron chi connectivity index (χ3n) is 7.22. The van der Waals surface area contributed by atoms with Gasteiger partial charge in [-0.25, -0.2) is 0 Å². The molecule has 0 atom stereocenters. The second kappa shape index (κ2) is 11.0. The second-order valence-corrected chi connectivity index (χ2v) is 9.58. The number of likely N-dealkylation sites (tertiary alicyclic amines) is 1. The Balaban J connectivity index is 1.70. The second-order valence-electron chi connectivity index (χ2n) is 9.58. The van der Waals surface area contributed by atoms with Gasteiger partial charge in [-0.15, -0.1) is 13.2 Å². The molecule has 2 N–H and O–H groups in total. The average molecular weight is 488 g/mol. The number of fused-ring (bicyclic) bond motifs is 1. The predicted octanol–water partition coefficient (Wildman–Crippen LogP) is 6.74. The molecule has 7 heteroatoms. The number of alkyl halides is 3. The van der Waals surface area contributed by atoms with Crippen LogP contribution in [0.25, 0.3) is 22.0 Å². The van der Waals surface area contributed by atoms with E-state index in [1.54, 1.807) is 6.07 Å². The summed E-state index contributed by atoms with van der Waals surface area (Å²) >= 11 is 0. The van der Waals surface area contributed by atoms with Gasteiger partial charge in [0, 0.05) is 35.8 Å². The Morgan fingerprint density at radius 2 is 1.80 bits per heavy atom. The van der Waals surface area contributed by atoms with Crippen LogP contribution in [0.3, 0.4) is 0 Å². The minimum atomic E-state index is -4.70. The summed E-state index contributed by atoms with van der Waals surface area (Å²) in [5, 5.41) is 1.13. The summed E-state index contributed by atoms with van der Waals surface area (Å²) in [5.74, 6) is 0.662. The van der Waals surface area contributed by atoms with Crippen LogP contribution in [0.5, 0.6) is 5.75 Å². The number of hydrogen-bond donors (Lipinski definition) is 1. The summed E-state index contributed by atoms with van der Waals surface area (Å²) in [5.41, 5.74) is 11.0. The number of nitrogens with zero attached hydrogens (tertiary/aromatic N) is 2. The molecule has 0 aliphatic carbocycles. The molecule has 0 amide bonds. The summed E-state index contributed by atoms with van der Waals surface area (Å²) in [7, 11) is 0. The summed E-state index contributed by atoms with van der Waals surface area (Å²) in [6, 6.07) is 11.3. The van der Waals surface area contributed by atoms with Crippen molar-refractivity contribution in [2.75, 3.05) is 19.6 Å². The van der Waals surface area contributed by atoms with E-state index in [1.165, 1.54) is 37.0 Å². The number of aromatic nitrogens is 1. The lowest BCUT2D eigenvalue weighted by Gasteiger charge is -2.31. The zero-order chi connectivity index (χ0) is 25.0. The van der Waals surface area contributed by atoms with Gasteiger partial charge in [0.2, 0.25) is 0 Å². The van der Waals surface area contributed by atoms with Crippen LogP contribution in [0.1, 0.15) is 50.7 Å². The number of ether oxygens (including phenoxy) is 1. The number of benzene rings is 2. The molecule has 0 saturated carbocycles. The largest absolute Gasteiger partial charge is 0.573 e. The molecule has 4 nitrogen and oxygen atoms in total. The summed E-state index contributed by atoms with van der Waals surface area (Å²) in [6.45, 7) is 8.80. The number of aryl methyl sites for hydroxylation is 2. The van der Waals surface area contributed by atoms with Gasteiger partial charge in [0.05, 0.1) is 0 Å². The Bertz CT molecular complexity index is 1130. The molecule has 0 bridgehead atoms. The highest BCUT2D eigenvalue weighted by Gasteiger charge is 2.31. The van der Waals surface area contributed by atoms with E-state index in [0.29, 0.717) is 13.0 Å². The Morgan fingerprint density at radius 1 is 1.03 bits per heavy atom. The van der Waals surface area contributed by atoms with Crippen molar-refractivity contribution in [3.63, 3.8) is 0 Å². The summed E-state index contributed by atoms with van der Waals surface area (Å²) in [6.07, 6.45) is 2.65. The van der Waals surface area contributed by atoms with Crippen LogP contribution in [0.4, 0.5) is 13.2 Å². The maximum Gasteiger partial charge on any atom is 0.573 e. The quantitative estimate of drug-likeness (QED) is 0.363. The molecular formula is C28H36F3N3O. The van der Waals surface area contributed by atoms with Gasteiger partial charge in [-0.3, -0.25) is 4.90 Å². The first-order valence-corrected chi connectivity index (χ1v) is 12.7. The van der Waals surface area contributed by atoms with E-state index in [-0.39, 0.29) is 5.75 Å². The number of halogens is 3. The standard InChI is InChI=1S/C28H36F3N3O/c1-3-20-10-14-33(15-11-20)18-21-6-9-27-25(16-21)26(19-34(27)13-5-12-32)24-8-7-23(17-22(24)4-2)35-28(29,30)31/h6-9,16-17,19-20H,3-5,10-15,18,32H2,1-2H3. The zero-order valence-electron chi connectivity index (χ0n) is 20.7. The van der Waals surface area contributed by atoms with E-state index >= 15 is 0 Å². The first-order valence-electron chi connectivity index (χ1n) is 12.7. The minimum absolute atomic E-state index is 0.179. The molecule has 1 aliphatic rings. The molecule has 4 rings (SSSR count). The fraction of sp³-hybridized carbons (Fsp3) is 0.500. The van der Waals surface area contributed by atoms with Gasteiger partial charge in [-0.2, -0.15) is 0 Å². The minimum Gasteiger partial charge on any atom is -0.406 e. The van der Waals surface area contributed by atoms with Crippen molar-refractivity contribution >= 4 is 10.9 Å². The highest BCUT2D eigenvalue weighted by molar-refractivity contribution is 5.97. The predicted molar refractivity (Wildman–Crippen MR) is 135 cm³/mol. The smallest absolute Gasteiger partial charge is 0.406 e. The van der Waals surface area contributed by atoms with E-state index in [2.05, 4.69) is 45.5 Å². The van der Waals surface area contributed by atoms with Gasteiger partial charge >= 0.3 is 6.36 Å². The fourth-order valence-electron chi connectivity index (χ4n) is 5.24. The molecule has 1 aromatic heterocycles. The monoisotopic (exact) mass is 487 g/mol. The van der Waals surface area contributed by atoms with Crippen molar-refractivity contribution < 1.29 is 17.9 Å². The van der Waals surface area contributed by atoms with Gasteiger partial charge in [0.25, 0.3) is 0 Å². The molecule has 0 unspecified atom stereocenters. The molecule has 190 valence electrons. The van der Waals surface area contributed by atoms with E-state index < -0.39 is 6.36 Å². The van der Waals surface area contributed by atoms with E-state index in [9.17, 15) is 13.2 Å². The molecule has 3 aromatic rings.